The van der Waals surface area contributed by atoms with E-state index in [4.69, 9.17) is 20.3 Å². The molecule has 0 bridgehead atoms. The van der Waals surface area contributed by atoms with Gasteiger partial charge in [0.25, 0.3) is 0 Å². The summed E-state index contributed by atoms with van der Waals surface area (Å²) >= 11 is 0. The molecule has 100 valence electrons. The molecular formula is C13H20N2O3. The van der Waals surface area contributed by atoms with Gasteiger partial charge in [-0.15, -0.1) is 0 Å². The molecule has 18 heavy (non-hydrogen) atoms. The van der Waals surface area contributed by atoms with Gasteiger partial charge in [0.1, 0.15) is 5.75 Å². The molecule has 0 amide bonds. The van der Waals surface area contributed by atoms with Crippen LogP contribution in [0.3, 0.4) is 0 Å². The first-order valence-electron chi connectivity index (χ1n) is 6.10. The average Bonchev–Trinajstić information content (AvgIpc) is 2.39. The Morgan fingerprint density at radius 1 is 1.56 bits per heavy atom. The number of rotatable bonds is 4. The molecule has 0 aromatic heterocycles. The van der Waals surface area contributed by atoms with Crippen LogP contribution < -0.4 is 10.5 Å². The van der Waals surface area contributed by atoms with E-state index in [1.54, 1.807) is 7.11 Å². The smallest absolute Gasteiger partial charge is 0.123 e. The predicted molar refractivity (Wildman–Crippen MR) is 69.5 cm³/mol. The molecule has 1 fully saturated rings. The van der Waals surface area contributed by atoms with E-state index >= 15 is 0 Å². The largest absolute Gasteiger partial charge is 0.496 e. The van der Waals surface area contributed by atoms with E-state index in [1.807, 2.05) is 18.2 Å². The second-order valence-electron chi connectivity index (χ2n) is 4.48. The molecule has 1 unspecified atom stereocenters. The Kier molecular flexibility index (Phi) is 4.41. The van der Waals surface area contributed by atoms with Gasteiger partial charge in [0.05, 0.1) is 26.4 Å². The molecule has 1 atom stereocenters. The van der Waals surface area contributed by atoms with Crippen LogP contribution >= 0.6 is 0 Å². The zero-order valence-electron chi connectivity index (χ0n) is 10.6. The first kappa shape index (κ1) is 13.1. The zero-order chi connectivity index (χ0) is 13.0. The van der Waals surface area contributed by atoms with Crippen molar-refractivity contribution in [1.29, 1.82) is 0 Å². The van der Waals surface area contributed by atoms with Crippen LogP contribution in [-0.4, -0.2) is 49.5 Å². The highest BCUT2D eigenvalue weighted by Gasteiger charge is 2.20. The minimum absolute atomic E-state index is 0.0601. The molecular weight excluding hydrogens is 232 g/mol. The summed E-state index contributed by atoms with van der Waals surface area (Å²) in [5, 5.41) is 9.12. The van der Waals surface area contributed by atoms with Crippen molar-refractivity contribution in [1.82, 2.24) is 4.90 Å². The van der Waals surface area contributed by atoms with Crippen LogP contribution in [0.1, 0.15) is 5.56 Å². The number of hydrogen-bond acceptors (Lipinski definition) is 5. The van der Waals surface area contributed by atoms with Crippen LogP contribution in [0.2, 0.25) is 0 Å². The highest BCUT2D eigenvalue weighted by molar-refractivity contribution is 5.47. The number of hydrogen-bond donors (Lipinski definition) is 2. The third-order valence-corrected chi connectivity index (χ3v) is 3.12. The second kappa shape index (κ2) is 6.04. The average molecular weight is 252 g/mol. The molecule has 1 aliphatic rings. The fourth-order valence-corrected chi connectivity index (χ4v) is 2.20. The van der Waals surface area contributed by atoms with Gasteiger partial charge in [0, 0.05) is 30.9 Å². The van der Waals surface area contributed by atoms with E-state index < -0.39 is 0 Å². The molecule has 0 radical (unpaired) electrons. The Balaban J connectivity index is 2.06. The molecule has 5 heteroatoms. The fraction of sp³-hybridized carbons (Fsp3) is 0.538. The molecule has 1 aromatic carbocycles. The first-order chi connectivity index (χ1) is 8.72. The van der Waals surface area contributed by atoms with Crippen molar-refractivity contribution < 1.29 is 14.6 Å². The monoisotopic (exact) mass is 252 g/mol. The lowest BCUT2D eigenvalue weighted by atomic mass is 10.1. The summed E-state index contributed by atoms with van der Waals surface area (Å²) in [5.74, 6) is 0.844. The van der Waals surface area contributed by atoms with Crippen molar-refractivity contribution in [3.8, 4) is 5.75 Å². The van der Waals surface area contributed by atoms with Gasteiger partial charge in [0.15, 0.2) is 0 Å². The third kappa shape index (κ3) is 3.13. The maximum Gasteiger partial charge on any atom is 0.123 e. The molecule has 1 saturated heterocycles. The number of nitrogen functional groups attached to an aromatic ring is 1. The quantitative estimate of drug-likeness (QED) is 0.762. The van der Waals surface area contributed by atoms with Crippen molar-refractivity contribution >= 4 is 5.69 Å². The zero-order valence-corrected chi connectivity index (χ0v) is 10.6. The van der Waals surface area contributed by atoms with Crippen molar-refractivity contribution in [2.75, 3.05) is 39.1 Å². The van der Waals surface area contributed by atoms with E-state index in [0.29, 0.717) is 6.61 Å². The van der Waals surface area contributed by atoms with Gasteiger partial charge < -0.3 is 20.3 Å². The summed E-state index contributed by atoms with van der Waals surface area (Å²) in [5.41, 5.74) is 7.60. The lowest BCUT2D eigenvalue weighted by molar-refractivity contribution is -0.0552. The Hall–Kier alpha value is -1.30. The summed E-state index contributed by atoms with van der Waals surface area (Å²) < 4.78 is 10.8. The highest BCUT2D eigenvalue weighted by atomic mass is 16.5. The molecule has 2 rings (SSSR count). The third-order valence-electron chi connectivity index (χ3n) is 3.12. The topological polar surface area (TPSA) is 68.0 Å². The molecule has 1 aliphatic heterocycles. The maximum absolute atomic E-state index is 9.12. The predicted octanol–water partition coefficient (Wildman–Crippen LogP) is 0.470. The molecule has 3 N–H and O–H groups in total. The van der Waals surface area contributed by atoms with Crippen molar-refractivity contribution in [2.24, 2.45) is 0 Å². The summed E-state index contributed by atoms with van der Waals surface area (Å²) in [6.07, 6.45) is -0.0918. The van der Waals surface area contributed by atoms with E-state index in [1.165, 1.54) is 0 Å². The first-order valence-corrected chi connectivity index (χ1v) is 6.10. The lowest BCUT2D eigenvalue weighted by Gasteiger charge is -2.32. The van der Waals surface area contributed by atoms with E-state index in [2.05, 4.69) is 4.90 Å². The van der Waals surface area contributed by atoms with Crippen LogP contribution in [0.5, 0.6) is 5.75 Å². The van der Waals surface area contributed by atoms with Gasteiger partial charge in [-0.3, -0.25) is 4.90 Å². The van der Waals surface area contributed by atoms with Crippen LogP contribution in [0, 0.1) is 0 Å². The Labute approximate surface area is 107 Å². The Bertz CT molecular complexity index is 398. The molecule has 0 aliphatic carbocycles. The number of aliphatic hydroxyl groups is 1. The molecule has 1 aromatic rings. The van der Waals surface area contributed by atoms with E-state index in [9.17, 15) is 0 Å². The summed E-state index contributed by atoms with van der Waals surface area (Å²) in [6.45, 7) is 3.05. The summed E-state index contributed by atoms with van der Waals surface area (Å²) in [7, 11) is 1.66. The summed E-state index contributed by atoms with van der Waals surface area (Å²) in [6, 6.07) is 5.65. The number of anilines is 1. The van der Waals surface area contributed by atoms with Gasteiger partial charge in [-0.2, -0.15) is 0 Å². The summed E-state index contributed by atoms with van der Waals surface area (Å²) in [4.78, 5) is 2.24. The van der Waals surface area contributed by atoms with Crippen LogP contribution in [-0.2, 0) is 11.3 Å². The number of ether oxygens (including phenoxy) is 2. The van der Waals surface area contributed by atoms with Gasteiger partial charge >= 0.3 is 0 Å². The maximum atomic E-state index is 9.12. The van der Waals surface area contributed by atoms with Gasteiger partial charge in [-0.25, -0.2) is 0 Å². The number of morpholine rings is 1. The van der Waals surface area contributed by atoms with Gasteiger partial charge in [0.2, 0.25) is 0 Å². The molecule has 0 saturated carbocycles. The highest BCUT2D eigenvalue weighted by Crippen LogP contribution is 2.23. The number of aliphatic hydroxyl groups excluding tert-OH is 1. The van der Waals surface area contributed by atoms with E-state index in [-0.39, 0.29) is 12.7 Å². The number of methoxy groups -OCH3 is 1. The minimum Gasteiger partial charge on any atom is -0.496 e. The number of benzene rings is 1. The molecule has 0 spiro atoms. The Morgan fingerprint density at radius 3 is 3.11 bits per heavy atom. The minimum atomic E-state index is -0.0918. The molecule has 5 nitrogen and oxygen atoms in total. The van der Waals surface area contributed by atoms with Crippen LogP contribution in [0.15, 0.2) is 18.2 Å². The van der Waals surface area contributed by atoms with Gasteiger partial charge in [-0.05, 0) is 18.2 Å². The second-order valence-corrected chi connectivity index (χ2v) is 4.48. The van der Waals surface area contributed by atoms with Crippen molar-refractivity contribution in [3.05, 3.63) is 23.8 Å². The van der Waals surface area contributed by atoms with Crippen molar-refractivity contribution in [3.63, 3.8) is 0 Å². The fourth-order valence-electron chi connectivity index (χ4n) is 2.20. The molecule has 1 heterocycles. The number of nitrogens with two attached hydrogens (primary N) is 1. The number of nitrogens with zero attached hydrogens (tertiary/aromatic N) is 1. The standard InChI is InChI=1S/C13H20N2O3/c1-17-13-3-2-11(14)6-10(13)7-15-4-5-18-12(8-15)9-16/h2-3,6,12,16H,4-5,7-9,14H2,1H3. The van der Waals surface area contributed by atoms with Gasteiger partial charge in [-0.1, -0.05) is 0 Å². The van der Waals surface area contributed by atoms with Crippen LogP contribution in [0.25, 0.3) is 0 Å². The van der Waals surface area contributed by atoms with E-state index in [0.717, 1.165) is 36.6 Å². The normalized spacial score (nSPS) is 20.9. The van der Waals surface area contributed by atoms with Crippen LogP contribution in [0.4, 0.5) is 5.69 Å². The lowest BCUT2D eigenvalue weighted by Crippen LogP contribution is -2.43. The SMILES string of the molecule is COc1ccc(N)cc1CN1CCOC(CO)C1. The van der Waals surface area contributed by atoms with Crippen molar-refractivity contribution in [2.45, 2.75) is 12.6 Å². The Morgan fingerprint density at radius 2 is 2.39 bits per heavy atom.